The lowest BCUT2D eigenvalue weighted by molar-refractivity contribution is -0.129. The van der Waals surface area contributed by atoms with Gasteiger partial charge < -0.3 is 15.2 Å². The van der Waals surface area contributed by atoms with Crippen LogP contribution in [0.25, 0.3) is 4.85 Å². The summed E-state index contributed by atoms with van der Waals surface area (Å²) in [7, 11) is -4.74. The summed E-state index contributed by atoms with van der Waals surface area (Å²) in [6, 6.07) is 19.0. The molecule has 0 radical (unpaired) electrons. The summed E-state index contributed by atoms with van der Waals surface area (Å²) in [4.78, 5) is 61.2. The molecule has 0 saturated carbocycles. The van der Waals surface area contributed by atoms with Gasteiger partial charge in [0, 0.05) is 18.4 Å². The maximum absolute atomic E-state index is 13.6. The van der Waals surface area contributed by atoms with Crippen LogP contribution in [0, 0.1) is 12.5 Å². The average molecular weight is 578 g/mol. The second-order valence-electron chi connectivity index (χ2n) is 9.93. The summed E-state index contributed by atoms with van der Waals surface area (Å²) < 4.78 is 15.7. The van der Waals surface area contributed by atoms with Gasteiger partial charge in [0.15, 0.2) is 11.5 Å². The van der Waals surface area contributed by atoms with Gasteiger partial charge in [0.05, 0.1) is 12.6 Å². The molecule has 0 aliphatic carbocycles. The van der Waals surface area contributed by atoms with Gasteiger partial charge in [0.1, 0.15) is 11.8 Å². The number of amides is 2. The number of hydrogen-bond donors (Lipinski definition) is 4. The van der Waals surface area contributed by atoms with Crippen LogP contribution in [0.15, 0.2) is 78.9 Å². The van der Waals surface area contributed by atoms with Crippen LogP contribution in [0.5, 0.6) is 5.75 Å². The maximum atomic E-state index is 13.6. The van der Waals surface area contributed by atoms with Gasteiger partial charge in [-0.05, 0) is 35.6 Å². The number of nitrogens with one attached hydrogen (secondary N) is 2. The third-order valence-electron chi connectivity index (χ3n) is 6.10. The summed E-state index contributed by atoms with van der Waals surface area (Å²) in [6.45, 7) is 11.0. The lowest BCUT2D eigenvalue weighted by Crippen LogP contribution is -2.53. The van der Waals surface area contributed by atoms with Crippen LogP contribution in [0.2, 0.25) is 0 Å². The van der Waals surface area contributed by atoms with Crippen molar-refractivity contribution in [2.24, 2.45) is 5.92 Å². The second kappa shape index (κ2) is 14.4. The molecule has 214 valence electrons. The minimum Gasteiger partial charge on any atom is -0.404 e. The number of carbonyl (C=O) groups is 3. The van der Waals surface area contributed by atoms with E-state index in [-0.39, 0.29) is 35.9 Å². The largest absolute Gasteiger partial charge is 0.524 e. The SMILES string of the molecule is [C-]#[N+]c1ccc(C(=O)NC(Cc2ccc(OP(=O)(O)O)cc2)C(=O)NC(CC(C)C)C(=O)Cc2ccccc2)cc1. The lowest BCUT2D eigenvalue weighted by Gasteiger charge is -2.24. The molecular weight excluding hydrogens is 545 g/mol. The van der Waals surface area contributed by atoms with Crippen LogP contribution >= 0.6 is 7.82 Å². The molecule has 11 heteroatoms. The molecule has 41 heavy (non-hydrogen) atoms. The molecule has 0 bridgehead atoms. The number of benzene rings is 3. The Morgan fingerprint density at radius 3 is 2.07 bits per heavy atom. The van der Waals surface area contributed by atoms with Crippen LogP contribution < -0.4 is 15.2 Å². The fourth-order valence-electron chi connectivity index (χ4n) is 4.13. The maximum Gasteiger partial charge on any atom is 0.524 e. The molecule has 3 rings (SSSR count). The minimum absolute atomic E-state index is 0.0230. The highest BCUT2D eigenvalue weighted by Gasteiger charge is 2.28. The van der Waals surface area contributed by atoms with Crippen molar-refractivity contribution in [2.75, 3.05) is 0 Å². The molecule has 2 unspecified atom stereocenters. The summed E-state index contributed by atoms with van der Waals surface area (Å²) in [6.07, 6.45) is 0.573. The molecule has 0 heterocycles. The predicted octanol–water partition coefficient (Wildman–Crippen LogP) is 4.39. The number of rotatable bonds is 13. The van der Waals surface area contributed by atoms with Crippen LogP contribution in [0.1, 0.15) is 41.8 Å². The van der Waals surface area contributed by atoms with Gasteiger partial charge in [-0.15, -0.1) is 0 Å². The number of Topliss-reactive ketones (excluding diaryl/α,β-unsaturated/α-hetero) is 1. The van der Waals surface area contributed by atoms with Crippen molar-refractivity contribution in [1.82, 2.24) is 10.6 Å². The first-order chi connectivity index (χ1) is 19.4. The Labute approximate surface area is 238 Å². The van der Waals surface area contributed by atoms with E-state index in [2.05, 4.69) is 20.0 Å². The highest BCUT2D eigenvalue weighted by molar-refractivity contribution is 7.46. The Hall–Kier alpha value is -4.29. The van der Waals surface area contributed by atoms with E-state index in [9.17, 15) is 18.9 Å². The van der Waals surface area contributed by atoms with E-state index in [1.807, 2.05) is 44.2 Å². The van der Waals surface area contributed by atoms with E-state index in [4.69, 9.17) is 16.4 Å². The lowest BCUT2D eigenvalue weighted by atomic mass is 9.95. The normalized spacial score (nSPS) is 12.6. The van der Waals surface area contributed by atoms with E-state index in [1.165, 1.54) is 48.5 Å². The molecule has 0 spiro atoms. The summed E-state index contributed by atoms with van der Waals surface area (Å²) in [5.41, 5.74) is 2.01. The molecule has 4 N–H and O–H groups in total. The third kappa shape index (κ3) is 10.3. The van der Waals surface area contributed by atoms with Gasteiger partial charge in [0.2, 0.25) is 5.91 Å². The number of hydrogen-bond acceptors (Lipinski definition) is 5. The fraction of sp³-hybridized carbons (Fsp3) is 0.267. The van der Waals surface area contributed by atoms with E-state index >= 15 is 0 Å². The zero-order chi connectivity index (χ0) is 30.0. The van der Waals surface area contributed by atoms with Gasteiger partial charge in [-0.3, -0.25) is 24.2 Å². The van der Waals surface area contributed by atoms with Crippen molar-refractivity contribution >= 4 is 31.1 Å². The second-order valence-corrected chi connectivity index (χ2v) is 11.1. The number of nitrogens with zero attached hydrogens (tertiary/aromatic N) is 1. The van der Waals surface area contributed by atoms with Crippen LogP contribution in [0.3, 0.4) is 0 Å². The Bertz CT molecular complexity index is 1430. The van der Waals surface area contributed by atoms with Gasteiger partial charge in [-0.1, -0.05) is 80.6 Å². The number of phosphoric acid groups is 1. The summed E-state index contributed by atoms with van der Waals surface area (Å²) in [5.74, 6) is -1.21. The minimum atomic E-state index is -4.74. The molecule has 0 aromatic heterocycles. The quantitative estimate of drug-likeness (QED) is 0.174. The van der Waals surface area contributed by atoms with Crippen LogP contribution in [-0.2, 0) is 27.0 Å². The van der Waals surface area contributed by atoms with E-state index < -0.39 is 31.7 Å². The van der Waals surface area contributed by atoms with E-state index in [0.29, 0.717) is 17.7 Å². The Balaban J connectivity index is 1.83. The van der Waals surface area contributed by atoms with Gasteiger partial charge >= 0.3 is 7.82 Å². The smallest absolute Gasteiger partial charge is 0.404 e. The van der Waals surface area contributed by atoms with Crippen molar-refractivity contribution in [3.63, 3.8) is 0 Å². The van der Waals surface area contributed by atoms with Crippen molar-refractivity contribution in [1.29, 1.82) is 0 Å². The molecule has 10 nitrogen and oxygen atoms in total. The molecule has 3 aromatic carbocycles. The molecule has 0 saturated heterocycles. The molecule has 0 aliphatic heterocycles. The fourth-order valence-corrected chi connectivity index (χ4v) is 4.53. The van der Waals surface area contributed by atoms with Crippen molar-refractivity contribution in [3.05, 3.63) is 107 Å². The highest BCUT2D eigenvalue weighted by atomic mass is 31.2. The predicted molar refractivity (Wildman–Crippen MR) is 153 cm³/mol. The van der Waals surface area contributed by atoms with Gasteiger partial charge in [0.25, 0.3) is 5.91 Å². The topological polar surface area (TPSA) is 146 Å². The average Bonchev–Trinajstić information content (AvgIpc) is 2.92. The number of phosphoric ester groups is 1. The highest BCUT2D eigenvalue weighted by Crippen LogP contribution is 2.37. The summed E-state index contributed by atoms with van der Waals surface area (Å²) in [5, 5.41) is 5.56. The van der Waals surface area contributed by atoms with Crippen molar-refractivity contribution in [2.45, 2.75) is 45.2 Å². The monoisotopic (exact) mass is 577 g/mol. The number of ketones is 1. The zero-order valence-corrected chi connectivity index (χ0v) is 23.6. The Morgan fingerprint density at radius 2 is 1.51 bits per heavy atom. The van der Waals surface area contributed by atoms with Crippen molar-refractivity contribution in [3.8, 4) is 5.75 Å². The Kier molecular flexibility index (Phi) is 11.0. The van der Waals surface area contributed by atoms with Crippen LogP contribution in [0.4, 0.5) is 5.69 Å². The standard InChI is InChI=1S/C30H32N3O7P/c1-20(2)17-26(28(34)19-21-7-5-4-6-8-21)32-30(36)27(33-29(35)23-11-13-24(31-3)14-12-23)18-22-9-15-25(16-10-22)40-41(37,38)39/h4-16,20,26-27H,17-19H2,1-2H3,(H,32,36)(H,33,35)(H2,37,38,39). The zero-order valence-electron chi connectivity index (χ0n) is 22.7. The van der Waals surface area contributed by atoms with E-state index in [1.54, 1.807) is 0 Å². The molecule has 2 atom stereocenters. The summed E-state index contributed by atoms with van der Waals surface area (Å²) >= 11 is 0. The first-order valence-electron chi connectivity index (χ1n) is 12.9. The molecule has 0 aliphatic rings. The van der Waals surface area contributed by atoms with E-state index in [0.717, 1.165) is 5.56 Å². The van der Waals surface area contributed by atoms with Gasteiger partial charge in [-0.25, -0.2) is 9.41 Å². The third-order valence-corrected chi connectivity index (χ3v) is 6.55. The number of carbonyl (C=O) groups excluding carboxylic acids is 3. The van der Waals surface area contributed by atoms with Gasteiger partial charge in [-0.2, -0.15) is 0 Å². The molecule has 0 fully saturated rings. The van der Waals surface area contributed by atoms with Crippen LogP contribution in [-0.4, -0.2) is 39.5 Å². The first-order valence-corrected chi connectivity index (χ1v) is 14.5. The molecule has 2 amide bonds. The first kappa shape index (κ1) is 31.2. The molecular formula is C30H32N3O7P. The molecule has 3 aromatic rings. The Morgan fingerprint density at radius 1 is 0.878 bits per heavy atom. The van der Waals surface area contributed by atoms with Crippen molar-refractivity contribution < 1.29 is 33.3 Å².